The summed E-state index contributed by atoms with van der Waals surface area (Å²) < 4.78 is 5.51. The zero-order valence-corrected chi connectivity index (χ0v) is 13.8. The third-order valence-electron chi connectivity index (χ3n) is 4.29. The fraction of sp³-hybridized carbons (Fsp3) is 0.471. The first-order valence-corrected chi connectivity index (χ1v) is 7.73. The van der Waals surface area contributed by atoms with Gasteiger partial charge in [0.1, 0.15) is 5.69 Å². The van der Waals surface area contributed by atoms with E-state index in [-0.39, 0.29) is 12.4 Å². The molecule has 1 aromatic carbocycles. The van der Waals surface area contributed by atoms with Gasteiger partial charge in [-0.1, -0.05) is 41.4 Å². The Morgan fingerprint density at radius 2 is 2.05 bits per heavy atom. The van der Waals surface area contributed by atoms with Crippen LogP contribution in [0.4, 0.5) is 0 Å². The third kappa shape index (κ3) is 3.88. The number of benzene rings is 1. The van der Waals surface area contributed by atoms with E-state index in [9.17, 15) is 0 Å². The van der Waals surface area contributed by atoms with Crippen LogP contribution in [0.15, 0.2) is 34.9 Å². The van der Waals surface area contributed by atoms with Gasteiger partial charge in [-0.3, -0.25) is 4.90 Å². The molecule has 2 heterocycles. The highest BCUT2D eigenvalue weighted by molar-refractivity contribution is 5.85. The van der Waals surface area contributed by atoms with Crippen molar-refractivity contribution in [1.82, 2.24) is 10.1 Å². The summed E-state index contributed by atoms with van der Waals surface area (Å²) in [4.78, 5) is 2.42. The molecule has 1 unspecified atom stereocenters. The molecule has 22 heavy (non-hydrogen) atoms. The smallest absolute Gasteiger partial charge is 0.151 e. The third-order valence-corrected chi connectivity index (χ3v) is 4.29. The second kappa shape index (κ2) is 7.77. The number of halogens is 1. The number of nitrogens with zero attached hydrogens (tertiary/aromatic N) is 2. The number of nitrogens with two attached hydrogens (primary N) is 1. The molecular formula is C17H24ClN3O. The quantitative estimate of drug-likeness (QED) is 0.938. The van der Waals surface area contributed by atoms with Gasteiger partial charge in [-0.15, -0.1) is 12.4 Å². The summed E-state index contributed by atoms with van der Waals surface area (Å²) in [6.45, 7) is 4.71. The summed E-state index contributed by atoms with van der Waals surface area (Å²) in [6, 6.07) is 10.9. The zero-order valence-electron chi connectivity index (χ0n) is 13.0. The van der Waals surface area contributed by atoms with Crippen LogP contribution in [0.5, 0.6) is 0 Å². The summed E-state index contributed by atoms with van der Waals surface area (Å²) in [5.41, 5.74) is 9.13. The second-order valence-electron chi connectivity index (χ2n) is 5.90. The minimum Gasteiger partial charge on any atom is -0.359 e. The van der Waals surface area contributed by atoms with Gasteiger partial charge in [0.25, 0.3) is 0 Å². The Balaban J connectivity index is 0.00000176. The number of piperidine rings is 1. The maximum Gasteiger partial charge on any atom is 0.151 e. The van der Waals surface area contributed by atoms with Gasteiger partial charge in [-0.05, 0) is 26.3 Å². The van der Waals surface area contributed by atoms with Gasteiger partial charge in [-0.2, -0.15) is 0 Å². The molecule has 3 rings (SSSR count). The minimum atomic E-state index is 0. The minimum absolute atomic E-state index is 0. The Hall–Kier alpha value is -1.36. The number of hydrogen-bond acceptors (Lipinski definition) is 4. The van der Waals surface area contributed by atoms with Crippen molar-refractivity contribution in [3.05, 3.63) is 41.7 Å². The van der Waals surface area contributed by atoms with Gasteiger partial charge in [0.2, 0.25) is 0 Å². The lowest BCUT2D eigenvalue weighted by Gasteiger charge is -2.34. The van der Waals surface area contributed by atoms with E-state index in [0.29, 0.717) is 6.04 Å². The summed E-state index contributed by atoms with van der Waals surface area (Å²) >= 11 is 0. The van der Waals surface area contributed by atoms with Gasteiger partial charge >= 0.3 is 0 Å². The lowest BCUT2D eigenvalue weighted by Crippen LogP contribution is -2.43. The molecule has 0 amide bonds. The topological polar surface area (TPSA) is 55.3 Å². The van der Waals surface area contributed by atoms with Gasteiger partial charge < -0.3 is 10.3 Å². The summed E-state index contributed by atoms with van der Waals surface area (Å²) in [7, 11) is 0. The maximum atomic E-state index is 5.87. The highest BCUT2D eigenvalue weighted by Gasteiger charge is 2.22. The number of aryl methyl sites for hydroxylation is 1. The number of rotatable bonds is 4. The predicted octanol–water partition coefficient (Wildman–Crippen LogP) is 3.39. The summed E-state index contributed by atoms with van der Waals surface area (Å²) in [5.74, 6) is 0.922. The first kappa shape index (κ1) is 17.0. The standard InChI is InChI=1S/C17H23N3O.ClH/c1-13-5-7-14(8-6-13)17-10-16(21-19-17)12-20-9-3-2-4-15(20)11-18;/h5-8,10,15H,2-4,9,11-12,18H2,1H3;1H. The molecule has 0 bridgehead atoms. The van der Waals surface area contributed by atoms with Crippen molar-refractivity contribution in [1.29, 1.82) is 0 Å². The first-order valence-electron chi connectivity index (χ1n) is 7.73. The Bertz CT molecular complexity index is 582. The normalized spacial score (nSPS) is 18.9. The van der Waals surface area contributed by atoms with Crippen molar-refractivity contribution in [2.45, 2.75) is 38.8 Å². The monoisotopic (exact) mass is 321 g/mol. The molecule has 0 spiro atoms. The van der Waals surface area contributed by atoms with Crippen LogP contribution in [0, 0.1) is 6.92 Å². The van der Waals surface area contributed by atoms with Crippen molar-refractivity contribution in [3.8, 4) is 11.3 Å². The molecule has 120 valence electrons. The summed E-state index contributed by atoms with van der Waals surface area (Å²) in [6.07, 6.45) is 3.72. The van der Waals surface area contributed by atoms with E-state index in [2.05, 4.69) is 41.2 Å². The fourth-order valence-corrected chi connectivity index (χ4v) is 2.98. The molecule has 2 aromatic rings. The van der Waals surface area contributed by atoms with Crippen LogP contribution in [0.2, 0.25) is 0 Å². The molecule has 0 saturated carbocycles. The molecule has 5 heteroatoms. The molecule has 0 aliphatic carbocycles. The van der Waals surface area contributed by atoms with Crippen molar-refractivity contribution < 1.29 is 4.52 Å². The van der Waals surface area contributed by atoms with Crippen LogP contribution in [-0.4, -0.2) is 29.2 Å². The van der Waals surface area contributed by atoms with Crippen LogP contribution < -0.4 is 5.73 Å². The highest BCUT2D eigenvalue weighted by Crippen LogP contribution is 2.23. The molecule has 4 nitrogen and oxygen atoms in total. The van der Waals surface area contributed by atoms with E-state index >= 15 is 0 Å². The van der Waals surface area contributed by atoms with E-state index in [1.54, 1.807) is 0 Å². The molecular weight excluding hydrogens is 298 g/mol. The molecule has 0 radical (unpaired) electrons. The Labute approximate surface area is 138 Å². The number of likely N-dealkylation sites (tertiary alicyclic amines) is 1. The average Bonchev–Trinajstić information content (AvgIpc) is 2.97. The summed E-state index contributed by atoms with van der Waals surface area (Å²) in [5, 5.41) is 4.20. The Kier molecular flexibility index (Phi) is 6.00. The molecule has 1 atom stereocenters. The van der Waals surface area contributed by atoms with E-state index < -0.39 is 0 Å². The van der Waals surface area contributed by atoms with Gasteiger partial charge in [-0.25, -0.2) is 0 Å². The predicted molar refractivity (Wildman–Crippen MR) is 91.0 cm³/mol. The van der Waals surface area contributed by atoms with Crippen LogP contribution in [0.3, 0.4) is 0 Å². The molecule has 1 aromatic heterocycles. The van der Waals surface area contributed by atoms with Gasteiger partial charge in [0, 0.05) is 24.2 Å². The van der Waals surface area contributed by atoms with E-state index in [1.165, 1.54) is 24.8 Å². The lowest BCUT2D eigenvalue weighted by atomic mass is 10.0. The Morgan fingerprint density at radius 1 is 1.27 bits per heavy atom. The van der Waals surface area contributed by atoms with Crippen molar-refractivity contribution in [2.24, 2.45) is 5.73 Å². The van der Waals surface area contributed by atoms with E-state index in [0.717, 1.165) is 36.7 Å². The second-order valence-corrected chi connectivity index (χ2v) is 5.90. The van der Waals surface area contributed by atoms with Gasteiger partial charge in [0.15, 0.2) is 5.76 Å². The van der Waals surface area contributed by atoms with Crippen LogP contribution in [0.1, 0.15) is 30.6 Å². The largest absolute Gasteiger partial charge is 0.359 e. The Morgan fingerprint density at radius 3 is 2.77 bits per heavy atom. The molecule has 1 fully saturated rings. The van der Waals surface area contributed by atoms with Crippen LogP contribution in [0.25, 0.3) is 11.3 Å². The van der Waals surface area contributed by atoms with E-state index in [4.69, 9.17) is 10.3 Å². The number of hydrogen-bond donors (Lipinski definition) is 1. The van der Waals surface area contributed by atoms with E-state index in [1.807, 2.05) is 6.07 Å². The van der Waals surface area contributed by atoms with Crippen molar-refractivity contribution in [2.75, 3.05) is 13.1 Å². The lowest BCUT2D eigenvalue weighted by molar-refractivity contribution is 0.130. The SMILES string of the molecule is Cc1ccc(-c2cc(CN3CCCCC3CN)on2)cc1.Cl. The first-order chi connectivity index (χ1) is 10.3. The van der Waals surface area contributed by atoms with Crippen LogP contribution in [-0.2, 0) is 6.54 Å². The zero-order chi connectivity index (χ0) is 14.7. The average molecular weight is 322 g/mol. The number of aromatic nitrogens is 1. The maximum absolute atomic E-state index is 5.87. The molecule has 1 aliphatic heterocycles. The highest BCUT2D eigenvalue weighted by atomic mass is 35.5. The van der Waals surface area contributed by atoms with Crippen molar-refractivity contribution in [3.63, 3.8) is 0 Å². The molecule has 1 saturated heterocycles. The van der Waals surface area contributed by atoms with Crippen LogP contribution >= 0.6 is 12.4 Å². The van der Waals surface area contributed by atoms with Crippen molar-refractivity contribution >= 4 is 12.4 Å². The molecule has 1 aliphatic rings. The molecule has 2 N–H and O–H groups in total. The van der Waals surface area contributed by atoms with Gasteiger partial charge in [0.05, 0.1) is 6.54 Å². The fourth-order valence-electron chi connectivity index (χ4n) is 2.98.